The van der Waals surface area contributed by atoms with E-state index in [-0.39, 0.29) is 0 Å². The van der Waals surface area contributed by atoms with Crippen LogP contribution in [0.3, 0.4) is 0 Å². The smallest absolute Gasteiger partial charge is 0.199 e. The van der Waals surface area contributed by atoms with Crippen molar-refractivity contribution < 1.29 is 9.15 Å². The number of benzene rings is 3. The molecule has 0 radical (unpaired) electrons. The Morgan fingerprint density at radius 2 is 1.30 bits per heavy atom. The summed E-state index contributed by atoms with van der Waals surface area (Å²) in [5, 5.41) is 0. The SMILES string of the molecule is COc1ccc(-c2cc(-c3ccccc3)c(-c3ccccc3)c(=S)o2)cc1. The molecule has 1 aromatic heterocycles. The van der Waals surface area contributed by atoms with Crippen molar-refractivity contribution in [1.82, 2.24) is 0 Å². The molecule has 0 aliphatic heterocycles. The summed E-state index contributed by atoms with van der Waals surface area (Å²) in [5.74, 6) is 1.54. The zero-order chi connectivity index (χ0) is 18.6. The fraction of sp³-hybridized carbons (Fsp3) is 0.0417. The van der Waals surface area contributed by atoms with E-state index in [0.717, 1.165) is 39.3 Å². The van der Waals surface area contributed by atoms with E-state index in [1.54, 1.807) is 7.11 Å². The van der Waals surface area contributed by atoms with E-state index in [9.17, 15) is 0 Å². The van der Waals surface area contributed by atoms with Crippen molar-refractivity contribution in [2.75, 3.05) is 7.11 Å². The van der Waals surface area contributed by atoms with E-state index in [1.807, 2.05) is 60.7 Å². The lowest BCUT2D eigenvalue weighted by molar-refractivity contribution is 0.415. The average molecular weight is 370 g/mol. The quantitative estimate of drug-likeness (QED) is 0.360. The van der Waals surface area contributed by atoms with Gasteiger partial charge in [0.05, 0.1) is 7.11 Å². The van der Waals surface area contributed by atoms with E-state index in [4.69, 9.17) is 21.4 Å². The Morgan fingerprint density at radius 3 is 1.89 bits per heavy atom. The van der Waals surface area contributed by atoms with Crippen LogP contribution in [0, 0.1) is 4.71 Å². The van der Waals surface area contributed by atoms with Gasteiger partial charge in [-0.3, -0.25) is 0 Å². The molecule has 0 N–H and O–H groups in total. The second-order valence-electron chi connectivity index (χ2n) is 6.15. The minimum atomic E-state index is 0.480. The summed E-state index contributed by atoms with van der Waals surface area (Å²) in [4.78, 5) is 0. The van der Waals surface area contributed by atoms with Crippen LogP contribution in [0.25, 0.3) is 33.6 Å². The Balaban J connectivity index is 1.94. The molecule has 0 saturated heterocycles. The van der Waals surface area contributed by atoms with Crippen LogP contribution >= 0.6 is 12.2 Å². The molecule has 0 aliphatic rings. The summed E-state index contributed by atoms with van der Waals surface area (Å²) in [6.07, 6.45) is 0. The van der Waals surface area contributed by atoms with E-state index < -0.39 is 0 Å². The number of rotatable bonds is 4. The third-order valence-electron chi connectivity index (χ3n) is 4.47. The first kappa shape index (κ1) is 17.3. The molecule has 0 spiro atoms. The molecular formula is C24H18O2S. The molecule has 0 aliphatic carbocycles. The van der Waals surface area contributed by atoms with Crippen molar-refractivity contribution in [2.45, 2.75) is 0 Å². The van der Waals surface area contributed by atoms with Crippen molar-refractivity contribution in [3.8, 4) is 39.3 Å². The van der Waals surface area contributed by atoms with Crippen molar-refractivity contribution in [3.05, 3.63) is 95.7 Å². The van der Waals surface area contributed by atoms with Crippen LogP contribution in [0.5, 0.6) is 5.75 Å². The van der Waals surface area contributed by atoms with Crippen LogP contribution in [0.4, 0.5) is 0 Å². The van der Waals surface area contributed by atoms with Crippen molar-refractivity contribution in [3.63, 3.8) is 0 Å². The Morgan fingerprint density at radius 1 is 0.704 bits per heavy atom. The Hall–Kier alpha value is -3.17. The normalized spacial score (nSPS) is 10.6. The number of ether oxygens (including phenoxy) is 1. The summed E-state index contributed by atoms with van der Waals surface area (Å²) >= 11 is 5.67. The van der Waals surface area contributed by atoms with Crippen LogP contribution in [0.15, 0.2) is 95.4 Å². The lowest BCUT2D eigenvalue weighted by Crippen LogP contribution is -1.89. The Labute approximate surface area is 163 Å². The average Bonchev–Trinajstić information content (AvgIpc) is 2.74. The second kappa shape index (κ2) is 7.60. The largest absolute Gasteiger partial charge is 0.497 e. The Kier molecular flexibility index (Phi) is 4.86. The van der Waals surface area contributed by atoms with Crippen LogP contribution in [0.1, 0.15) is 0 Å². The first-order valence-corrected chi connectivity index (χ1v) is 9.10. The van der Waals surface area contributed by atoms with E-state index >= 15 is 0 Å². The van der Waals surface area contributed by atoms with Gasteiger partial charge in [0.2, 0.25) is 0 Å². The summed E-state index contributed by atoms with van der Waals surface area (Å²) < 4.78 is 11.8. The lowest BCUT2D eigenvalue weighted by atomic mass is 9.95. The van der Waals surface area contributed by atoms with Gasteiger partial charge in [0.15, 0.2) is 4.71 Å². The zero-order valence-electron chi connectivity index (χ0n) is 14.9. The predicted octanol–water partition coefficient (Wildman–Crippen LogP) is 7.02. The van der Waals surface area contributed by atoms with Crippen molar-refractivity contribution in [2.24, 2.45) is 0 Å². The van der Waals surface area contributed by atoms with Gasteiger partial charge in [-0.2, -0.15) is 0 Å². The van der Waals surface area contributed by atoms with Crippen LogP contribution in [0.2, 0.25) is 0 Å². The fourth-order valence-electron chi connectivity index (χ4n) is 3.11. The molecule has 0 fully saturated rings. The molecule has 4 rings (SSSR count). The third-order valence-corrected chi connectivity index (χ3v) is 4.76. The molecule has 0 unspecified atom stereocenters. The molecule has 27 heavy (non-hydrogen) atoms. The fourth-order valence-corrected chi connectivity index (χ4v) is 3.43. The molecule has 1 heterocycles. The summed E-state index contributed by atoms with van der Waals surface area (Å²) in [7, 11) is 1.66. The minimum Gasteiger partial charge on any atom is -0.497 e. The molecule has 2 nitrogen and oxygen atoms in total. The van der Waals surface area contributed by atoms with Gasteiger partial charge < -0.3 is 9.15 Å². The van der Waals surface area contributed by atoms with Crippen LogP contribution in [-0.4, -0.2) is 7.11 Å². The topological polar surface area (TPSA) is 22.4 Å². The molecule has 0 atom stereocenters. The second-order valence-corrected chi connectivity index (χ2v) is 6.52. The van der Waals surface area contributed by atoms with Gasteiger partial charge in [-0.15, -0.1) is 0 Å². The van der Waals surface area contributed by atoms with Gasteiger partial charge in [0.1, 0.15) is 11.5 Å². The molecule has 0 bridgehead atoms. The molecule has 132 valence electrons. The molecule has 4 aromatic rings. The standard InChI is InChI=1S/C24H18O2S/c1-25-20-14-12-18(13-15-20)22-16-21(17-8-4-2-5-9-17)23(24(27)26-22)19-10-6-3-7-11-19/h2-16H,1H3. The van der Waals surface area contributed by atoms with Gasteiger partial charge in [-0.1, -0.05) is 60.7 Å². The van der Waals surface area contributed by atoms with E-state index in [0.29, 0.717) is 4.71 Å². The van der Waals surface area contributed by atoms with Gasteiger partial charge in [-0.05, 0) is 59.2 Å². The van der Waals surface area contributed by atoms with Gasteiger partial charge in [0.25, 0.3) is 0 Å². The maximum absolute atomic E-state index is 6.06. The molecule has 0 saturated carbocycles. The monoisotopic (exact) mass is 370 g/mol. The highest BCUT2D eigenvalue weighted by atomic mass is 32.1. The van der Waals surface area contributed by atoms with Crippen LogP contribution in [-0.2, 0) is 0 Å². The predicted molar refractivity (Wildman–Crippen MR) is 112 cm³/mol. The van der Waals surface area contributed by atoms with Gasteiger partial charge >= 0.3 is 0 Å². The highest BCUT2D eigenvalue weighted by Gasteiger charge is 2.14. The summed E-state index contributed by atoms with van der Waals surface area (Å²) in [5.41, 5.74) is 5.11. The number of hydrogen-bond acceptors (Lipinski definition) is 3. The lowest BCUT2D eigenvalue weighted by Gasteiger charge is -2.13. The van der Waals surface area contributed by atoms with Crippen LogP contribution < -0.4 is 4.74 Å². The zero-order valence-corrected chi connectivity index (χ0v) is 15.7. The first-order chi connectivity index (χ1) is 13.3. The van der Waals surface area contributed by atoms with Crippen molar-refractivity contribution in [1.29, 1.82) is 0 Å². The molecule has 3 heteroatoms. The van der Waals surface area contributed by atoms with E-state index in [2.05, 4.69) is 30.3 Å². The minimum absolute atomic E-state index is 0.480. The highest BCUT2D eigenvalue weighted by Crippen LogP contribution is 2.37. The Bertz CT molecular complexity index is 1100. The van der Waals surface area contributed by atoms with E-state index in [1.165, 1.54) is 0 Å². The number of hydrogen-bond donors (Lipinski definition) is 0. The molecular weight excluding hydrogens is 352 g/mol. The number of methoxy groups -OCH3 is 1. The molecule has 0 amide bonds. The van der Waals surface area contributed by atoms with Gasteiger partial charge in [0, 0.05) is 11.1 Å². The first-order valence-electron chi connectivity index (χ1n) is 8.69. The summed E-state index contributed by atoms with van der Waals surface area (Å²) in [6, 6.07) is 30.2. The highest BCUT2D eigenvalue weighted by molar-refractivity contribution is 7.71. The summed E-state index contributed by atoms with van der Waals surface area (Å²) in [6.45, 7) is 0. The van der Waals surface area contributed by atoms with Crippen molar-refractivity contribution >= 4 is 12.2 Å². The third kappa shape index (κ3) is 3.55. The maximum Gasteiger partial charge on any atom is 0.199 e. The maximum atomic E-state index is 6.06. The van der Waals surface area contributed by atoms with Gasteiger partial charge in [-0.25, -0.2) is 0 Å². The molecule has 3 aromatic carbocycles.